The number of ether oxygens (including phenoxy) is 1. The Kier molecular flexibility index (Phi) is 10.6. The van der Waals surface area contributed by atoms with Crippen molar-refractivity contribution < 1.29 is 22.7 Å². The van der Waals surface area contributed by atoms with Crippen LogP contribution in [0, 0.1) is 0 Å². The molecule has 1 N–H and O–H groups in total. The zero-order valence-electron chi connectivity index (χ0n) is 21.9. The van der Waals surface area contributed by atoms with Crippen LogP contribution in [0.2, 0.25) is 10.0 Å². The molecule has 0 saturated heterocycles. The molecular formula is C28H31Cl2N3O5S. The van der Waals surface area contributed by atoms with Crippen LogP contribution in [0.4, 0.5) is 5.69 Å². The average molecular weight is 593 g/mol. The summed E-state index contributed by atoms with van der Waals surface area (Å²) in [6, 6.07) is 18.4. The second-order valence-corrected chi connectivity index (χ2v) is 11.3. The lowest BCUT2D eigenvalue weighted by atomic mass is 10.1. The summed E-state index contributed by atoms with van der Waals surface area (Å²) in [6.45, 7) is 3.48. The maximum Gasteiger partial charge on any atom is 0.264 e. The van der Waals surface area contributed by atoms with E-state index in [4.69, 9.17) is 27.9 Å². The second-order valence-electron chi connectivity index (χ2n) is 8.61. The summed E-state index contributed by atoms with van der Waals surface area (Å²) >= 11 is 12.4. The van der Waals surface area contributed by atoms with Gasteiger partial charge >= 0.3 is 0 Å². The number of sulfonamides is 1. The molecule has 0 fully saturated rings. The number of carbonyl (C=O) groups excluding carboxylic acids is 2. The number of nitrogens with zero attached hydrogens (tertiary/aromatic N) is 2. The van der Waals surface area contributed by atoms with Gasteiger partial charge in [-0.1, -0.05) is 60.5 Å². The van der Waals surface area contributed by atoms with Gasteiger partial charge < -0.3 is 15.0 Å². The molecular weight excluding hydrogens is 561 g/mol. The number of rotatable bonds is 12. The molecule has 0 saturated carbocycles. The van der Waals surface area contributed by atoms with Crippen LogP contribution in [-0.4, -0.2) is 51.4 Å². The fourth-order valence-electron chi connectivity index (χ4n) is 4.06. The highest BCUT2D eigenvalue weighted by Crippen LogP contribution is 2.32. The van der Waals surface area contributed by atoms with E-state index in [1.54, 1.807) is 56.3 Å². The van der Waals surface area contributed by atoms with E-state index in [0.29, 0.717) is 23.7 Å². The number of carbonyl (C=O) groups is 2. The fourth-order valence-corrected chi connectivity index (χ4v) is 5.86. The Morgan fingerprint density at radius 2 is 1.64 bits per heavy atom. The van der Waals surface area contributed by atoms with Gasteiger partial charge in [0.1, 0.15) is 18.3 Å². The lowest BCUT2D eigenvalue weighted by Gasteiger charge is -2.33. The normalized spacial score (nSPS) is 11.9. The lowest BCUT2D eigenvalue weighted by molar-refractivity contribution is -0.140. The van der Waals surface area contributed by atoms with Crippen molar-refractivity contribution >= 4 is 50.7 Å². The molecule has 0 aliphatic rings. The van der Waals surface area contributed by atoms with Crippen molar-refractivity contribution in [1.82, 2.24) is 10.2 Å². The van der Waals surface area contributed by atoms with Crippen LogP contribution >= 0.6 is 23.2 Å². The van der Waals surface area contributed by atoms with Crippen molar-refractivity contribution in [1.29, 1.82) is 0 Å². The molecule has 0 unspecified atom stereocenters. The smallest absolute Gasteiger partial charge is 0.264 e. The Balaban J connectivity index is 2.07. The van der Waals surface area contributed by atoms with Crippen molar-refractivity contribution in [2.24, 2.45) is 0 Å². The summed E-state index contributed by atoms with van der Waals surface area (Å²) in [4.78, 5) is 28.3. The summed E-state index contributed by atoms with van der Waals surface area (Å²) < 4.78 is 33.8. The van der Waals surface area contributed by atoms with E-state index >= 15 is 0 Å². The zero-order chi connectivity index (χ0) is 28.6. The predicted molar refractivity (Wildman–Crippen MR) is 154 cm³/mol. The summed E-state index contributed by atoms with van der Waals surface area (Å²) in [6.07, 6.45) is 0.324. The molecule has 11 heteroatoms. The van der Waals surface area contributed by atoms with Crippen LogP contribution < -0.4 is 14.4 Å². The number of benzene rings is 3. The standard InChI is InChI=1S/C28H31Cl2N3O5S/c1-4-25(28(35)31-5-2)32(18-20-11-13-21(29)14-12-20)27(34)19-33(22-15-16-26(38-3)24(30)17-22)39(36,37)23-9-7-6-8-10-23/h6-17,25H,4-5,18-19H2,1-3H3,(H,31,35)/t25-/m0/s1. The number of methoxy groups -OCH3 is 1. The highest BCUT2D eigenvalue weighted by Gasteiger charge is 2.33. The van der Waals surface area contributed by atoms with Crippen LogP contribution in [-0.2, 0) is 26.2 Å². The molecule has 0 spiro atoms. The molecule has 0 aliphatic carbocycles. The molecule has 3 rings (SSSR count). The number of likely N-dealkylation sites (N-methyl/N-ethyl adjacent to an activating group) is 1. The quantitative estimate of drug-likeness (QED) is 0.314. The van der Waals surface area contributed by atoms with Gasteiger partial charge in [0.25, 0.3) is 10.0 Å². The van der Waals surface area contributed by atoms with Crippen molar-refractivity contribution in [2.75, 3.05) is 24.5 Å². The average Bonchev–Trinajstić information content (AvgIpc) is 2.93. The highest BCUT2D eigenvalue weighted by molar-refractivity contribution is 7.92. The van der Waals surface area contributed by atoms with E-state index in [1.165, 1.54) is 42.3 Å². The maximum absolute atomic E-state index is 13.9. The van der Waals surface area contributed by atoms with E-state index in [9.17, 15) is 18.0 Å². The number of hydrogen-bond donors (Lipinski definition) is 1. The van der Waals surface area contributed by atoms with Crippen molar-refractivity contribution in [3.8, 4) is 5.75 Å². The number of halogens is 2. The summed E-state index contributed by atoms with van der Waals surface area (Å²) in [5.74, 6) is -0.530. The monoisotopic (exact) mass is 591 g/mol. The van der Waals surface area contributed by atoms with Gasteiger partial charge in [-0.15, -0.1) is 0 Å². The van der Waals surface area contributed by atoms with Crippen LogP contribution in [0.15, 0.2) is 77.7 Å². The van der Waals surface area contributed by atoms with E-state index in [-0.39, 0.29) is 28.1 Å². The van der Waals surface area contributed by atoms with Gasteiger partial charge in [-0.05, 0) is 61.4 Å². The Hall–Kier alpha value is -3.27. The molecule has 0 aromatic heterocycles. The zero-order valence-corrected chi connectivity index (χ0v) is 24.3. The molecule has 3 aromatic rings. The molecule has 2 amide bonds. The molecule has 0 bridgehead atoms. The number of nitrogens with one attached hydrogen (secondary N) is 1. The van der Waals surface area contributed by atoms with Gasteiger partial charge in [0, 0.05) is 18.1 Å². The third-order valence-electron chi connectivity index (χ3n) is 6.04. The van der Waals surface area contributed by atoms with E-state index in [2.05, 4.69) is 5.32 Å². The third kappa shape index (κ3) is 7.44. The van der Waals surface area contributed by atoms with Gasteiger partial charge in [0.15, 0.2) is 0 Å². The van der Waals surface area contributed by atoms with Gasteiger partial charge in [-0.2, -0.15) is 0 Å². The number of anilines is 1. The van der Waals surface area contributed by atoms with Crippen LogP contribution in [0.1, 0.15) is 25.8 Å². The third-order valence-corrected chi connectivity index (χ3v) is 8.37. The Morgan fingerprint density at radius 3 is 2.21 bits per heavy atom. The summed E-state index contributed by atoms with van der Waals surface area (Å²) in [5, 5.41) is 3.49. The molecule has 0 aliphatic heterocycles. The topological polar surface area (TPSA) is 96.0 Å². The largest absolute Gasteiger partial charge is 0.495 e. The predicted octanol–water partition coefficient (Wildman–Crippen LogP) is 5.14. The minimum atomic E-state index is -4.19. The molecule has 0 radical (unpaired) electrons. The minimum absolute atomic E-state index is 0.00441. The molecule has 3 aromatic carbocycles. The van der Waals surface area contributed by atoms with Crippen molar-refractivity contribution in [3.05, 3.63) is 88.4 Å². The Morgan fingerprint density at radius 1 is 0.974 bits per heavy atom. The molecule has 8 nitrogen and oxygen atoms in total. The Labute approximate surface area is 239 Å². The molecule has 39 heavy (non-hydrogen) atoms. The maximum atomic E-state index is 13.9. The first-order chi connectivity index (χ1) is 18.6. The number of amides is 2. The van der Waals surface area contributed by atoms with Gasteiger partial charge in [-0.3, -0.25) is 13.9 Å². The van der Waals surface area contributed by atoms with Gasteiger partial charge in [0.05, 0.1) is 22.7 Å². The van der Waals surface area contributed by atoms with Crippen LogP contribution in [0.3, 0.4) is 0 Å². The summed E-state index contributed by atoms with van der Waals surface area (Å²) in [5.41, 5.74) is 0.913. The fraction of sp³-hybridized carbons (Fsp3) is 0.286. The van der Waals surface area contributed by atoms with Crippen molar-refractivity contribution in [2.45, 2.75) is 37.8 Å². The van der Waals surface area contributed by atoms with Crippen LogP contribution in [0.5, 0.6) is 5.75 Å². The van der Waals surface area contributed by atoms with Crippen LogP contribution in [0.25, 0.3) is 0 Å². The summed E-state index contributed by atoms with van der Waals surface area (Å²) in [7, 11) is -2.74. The van der Waals surface area contributed by atoms with E-state index < -0.39 is 28.5 Å². The lowest BCUT2D eigenvalue weighted by Crippen LogP contribution is -2.52. The molecule has 208 valence electrons. The van der Waals surface area contributed by atoms with Gasteiger partial charge in [0.2, 0.25) is 11.8 Å². The van der Waals surface area contributed by atoms with E-state index in [0.717, 1.165) is 9.87 Å². The Bertz CT molecular complexity index is 1390. The molecule has 1 atom stereocenters. The van der Waals surface area contributed by atoms with E-state index in [1.807, 2.05) is 0 Å². The first-order valence-corrected chi connectivity index (χ1v) is 14.5. The van der Waals surface area contributed by atoms with Gasteiger partial charge in [-0.25, -0.2) is 8.42 Å². The second kappa shape index (κ2) is 13.7. The highest BCUT2D eigenvalue weighted by atomic mass is 35.5. The minimum Gasteiger partial charge on any atom is -0.495 e. The first kappa shape index (κ1) is 30.3. The van der Waals surface area contributed by atoms with Crippen molar-refractivity contribution in [3.63, 3.8) is 0 Å². The first-order valence-electron chi connectivity index (χ1n) is 12.3. The molecule has 0 heterocycles. The SMILES string of the molecule is CCNC(=O)[C@H](CC)N(Cc1ccc(Cl)cc1)C(=O)CN(c1ccc(OC)c(Cl)c1)S(=O)(=O)c1ccccc1. The number of hydrogen-bond acceptors (Lipinski definition) is 5.